The van der Waals surface area contributed by atoms with Gasteiger partial charge in [0.15, 0.2) is 0 Å². The SMILES string of the molecule is Cc1ccc(-c2ccc(/C=C/C(N)=O)o2)cc1[N+](=O)[O-]. The van der Waals surface area contributed by atoms with E-state index in [0.29, 0.717) is 22.6 Å². The van der Waals surface area contributed by atoms with Gasteiger partial charge in [0.05, 0.1) is 4.92 Å². The lowest BCUT2D eigenvalue weighted by atomic mass is 10.1. The number of aryl methyl sites for hydroxylation is 1. The summed E-state index contributed by atoms with van der Waals surface area (Å²) in [6, 6.07) is 8.18. The number of nitro benzene ring substituents is 1. The number of carbonyl (C=O) groups is 1. The molecule has 0 saturated carbocycles. The normalized spacial score (nSPS) is 10.8. The summed E-state index contributed by atoms with van der Waals surface area (Å²) in [5, 5.41) is 10.9. The van der Waals surface area contributed by atoms with Gasteiger partial charge in [-0.3, -0.25) is 14.9 Å². The Kier molecular flexibility index (Phi) is 3.65. The standard InChI is InChI=1S/C14H12N2O4/c1-9-2-3-10(8-12(9)16(18)19)13-6-4-11(20-13)5-7-14(15)17/h2-8H,1H3,(H2,15,17)/b7-5+. The predicted octanol–water partition coefficient (Wildman–Crippen LogP) is 2.66. The summed E-state index contributed by atoms with van der Waals surface area (Å²) in [4.78, 5) is 21.1. The lowest BCUT2D eigenvalue weighted by Gasteiger charge is -2.00. The topological polar surface area (TPSA) is 99.4 Å². The van der Waals surface area contributed by atoms with Gasteiger partial charge in [0.1, 0.15) is 11.5 Å². The zero-order valence-corrected chi connectivity index (χ0v) is 10.7. The number of carbonyl (C=O) groups excluding carboxylic acids is 1. The van der Waals surface area contributed by atoms with Crippen LogP contribution in [0.3, 0.4) is 0 Å². The van der Waals surface area contributed by atoms with Crippen LogP contribution in [0.4, 0.5) is 5.69 Å². The third-order valence-electron chi connectivity index (χ3n) is 2.73. The van der Waals surface area contributed by atoms with E-state index in [-0.39, 0.29) is 5.69 Å². The molecule has 102 valence electrons. The second-order valence-corrected chi connectivity index (χ2v) is 4.20. The van der Waals surface area contributed by atoms with Crippen LogP contribution in [0.1, 0.15) is 11.3 Å². The first kappa shape index (κ1) is 13.5. The van der Waals surface area contributed by atoms with Gasteiger partial charge in [0, 0.05) is 23.3 Å². The molecule has 0 unspecified atom stereocenters. The lowest BCUT2D eigenvalue weighted by molar-refractivity contribution is -0.385. The van der Waals surface area contributed by atoms with Gasteiger partial charge in [0.25, 0.3) is 5.69 Å². The van der Waals surface area contributed by atoms with Crippen LogP contribution in [0.5, 0.6) is 0 Å². The molecule has 2 aromatic rings. The van der Waals surface area contributed by atoms with Crippen molar-refractivity contribution in [1.82, 2.24) is 0 Å². The van der Waals surface area contributed by atoms with Gasteiger partial charge in [-0.15, -0.1) is 0 Å². The van der Waals surface area contributed by atoms with Gasteiger partial charge < -0.3 is 10.2 Å². The number of primary amides is 1. The summed E-state index contributed by atoms with van der Waals surface area (Å²) in [5.41, 5.74) is 6.20. The van der Waals surface area contributed by atoms with Crippen LogP contribution in [-0.2, 0) is 4.79 Å². The van der Waals surface area contributed by atoms with Crippen LogP contribution >= 0.6 is 0 Å². The lowest BCUT2D eigenvalue weighted by Crippen LogP contribution is -2.04. The molecule has 0 bridgehead atoms. The Morgan fingerprint density at radius 2 is 2.10 bits per heavy atom. The highest BCUT2D eigenvalue weighted by Gasteiger charge is 2.13. The maximum absolute atomic E-state index is 10.9. The minimum absolute atomic E-state index is 0.0353. The first-order chi connectivity index (χ1) is 9.47. The van der Waals surface area contributed by atoms with E-state index in [1.807, 2.05) is 0 Å². The first-order valence-electron chi connectivity index (χ1n) is 5.80. The third-order valence-corrected chi connectivity index (χ3v) is 2.73. The van der Waals surface area contributed by atoms with Gasteiger partial charge in [-0.25, -0.2) is 0 Å². The Morgan fingerprint density at radius 3 is 2.75 bits per heavy atom. The largest absolute Gasteiger partial charge is 0.457 e. The van der Waals surface area contributed by atoms with E-state index < -0.39 is 10.8 Å². The monoisotopic (exact) mass is 272 g/mol. The zero-order valence-electron chi connectivity index (χ0n) is 10.7. The summed E-state index contributed by atoms with van der Waals surface area (Å²) in [7, 11) is 0. The molecule has 1 aromatic heterocycles. The average molecular weight is 272 g/mol. The van der Waals surface area contributed by atoms with Gasteiger partial charge in [-0.1, -0.05) is 12.1 Å². The second-order valence-electron chi connectivity index (χ2n) is 4.20. The molecule has 20 heavy (non-hydrogen) atoms. The van der Waals surface area contributed by atoms with Crippen molar-refractivity contribution in [3.8, 4) is 11.3 Å². The molecule has 0 fully saturated rings. The second kappa shape index (κ2) is 5.40. The summed E-state index contributed by atoms with van der Waals surface area (Å²) in [6.45, 7) is 1.67. The number of benzene rings is 1. The van der Waals surface area contributed by atoms with Crippen molar-refractivity contribution in [3.05, 3.63) is 57.8 Å². The number of nitrogens with zero attached hydrogens (tertiary/aromatic N) is 1. The number of amides is 1. The smallest absolute Gasteiger partial charge is 0.273 e. The van der Waals surface area contributed by atoms with E-state index in [0.717, 1.165) is 0 Å². The van der Waals surface area contributed by atoms with Crippen LogP contribution in [-0.4, -0.2) is 10.8 Å². The number of furan rings is 1. The molecule has 2 N–H and O–H groups in total. The molecule has 2 rings (SSSR count). The zero-order chi connectivity index (χ0) is 14.7. The summed E-state index contributed by atoms with van der Waals surface area (Å²) in [6.07, 6.45) is 2.62. The number of nitrogens with two attached hydrogens (primary N) is 1. The van der Waals surface area contributed by atoms with Crippen LogP contribution in [0.2, 0.25) is 0 Å². The number of nitro groups is 1. The maximum atomic E-state index is 10.9. The molecule has 1 aromatic carbocycles. The number of rotatable bonds is 4. The van der Waals surface area contributed by atoms with Crippen LogP contribution in [0.25, 0.3) is 17.4 Å². The van der Waals surface area contributed by atoms with Crippen LogP contribution in [0, 0.1) is 17.0 Å². The van der Waals surface area contributed by atoms with Crippen molar-refractivity contribution in [2.45, 2.75) is 6.92 Å². The fraction of sp³-hybridized carbons (Fsp3) is 0.0714. The molecule has 0 aliphatic carbocycles. The highest BCUT2D eigenvalue weighted by molar-refractivity contribution is 5.89. The van der Waals surface area contributed by atoms with E-state index in [4.69, 9.17) is 10.2 Å². The van der Waals surface area contributed by atoms with E-state index >= 15 is 0 Å². The van der Waals surface area contributed by atoms with Gasteiger partial charge in [-0.2, -0.15) is 0 Å². The molecule has 0 aliphatic heterocycles. The Morgan fingerprint density at radius 1 is 1.35 bits per heavy atom. The van der Waals surface area contributed by atoms with Crippen molar-refractivity contribution >= 4 is 17.7 Å². The van der Waals surface area contributed by atoms with Crippen LogP contribution in [0.15, 0.2) is 40.8 Å². The van der Waals surface area contributed by atoms with Crippen molar-refractivity contribution < 1.29 is 14.1 Å². The Bertz CT molecular complexity index is 701. The molecule has 6 heteroatoms. The minimum Gasteiger partial charge on any atom is -0.457 e. The van der Waals surface area contributed by atoms with Crippen molar-refractivity contribution in [2.75, 3.05) is 0 Å². The molecule has 1 heterocycles. The van der Waals surface area contributed by atoms with Crippen molar-refractivity contribution in [2.24, 2.45) is 5.73 Å². The highest BCUT2D eigenvalue weighted by Crippen LogP contribution is 2.28. The van der Waals surface area contributed by atoms with E-state index in [1.165, 1.54) is 18.2 Å². The Labute approximate surface area is 114 Å². The predicted molar refractivity (Wildman–Crippen MR) is 73.8 cm³/mol. The van der Waals surface area contributed by atoms with E-state index in [1.54, 1.807) is 31.2 Å². The summed E-state index contributed by atoms with van der Waals surface area (Å²) < 4.78 is 5.48. The third kappa shape index (κ3) is 2.92. The molecule has 0 saturated heterocycles. The Balaban J connectivity index is 2.35. The molecule has 0 atom stereocenters. The first-order valence-corrected chi connectivity index (χ1v) is 5.80. The number of hydrogen-bond acceptors (Lipinski definition) is 4. The summed E-state index contributed by atoms with van der Waals surface area (Å²) in [5.74, 6) is 0.355. The maximum Gasteiger partial charge on any atom is 0.273 e. The molecule has 0 radical (unpaired) electrons. The van der Waals surface area contributed by atoms with E-state index in [2.05, 4.69) is 0 Å². The molecular weight excluding hydrogens is 260 g/mol. The van der Waals surface area contributed by atoms with Crippen molar-refractivity contribution in [3.63, 3.8) is 0 Å². The summed E-state index contributed by atoms with van der Waals surface area (Å²) >= 11 is 0. The quantitative estimate of drug-likeness (QED) is 0.525. The Hall–Kier alpha value is -2.89. The van der Waals surface area contributed by atoms with Gasteiger partial charge in [-0.05, 0) is 25.1 Å². The highest BCUT2D eigenvalue weighted by atomic mass is 16.6. The van der Waals surface area contributed by atoms with Crippen molar-refractivity contribution in [1.29, 1.82) is 0 Å². The molecule has 0 spiro atoms. The van der Waals surface area contributed by atoms with Gasteiger partial charge >= 0.3 is 0 Å². The molecule has 6 nitrogen and oxygen atoms in total. The molecule has 0 aliphatic rings. The fourth-order valence-electron chi connectivity index (χ4n) is 1.72. The van der Waals surface area contributed by atoms with Gasteiger partial charge in [0.2, 0.25) is 5.91 Å². The molecule has 1 amide bonds. The minimum atomic E-state index is -0.575. The average Bonchev–Trinajstić information content (AvgIpc) is 2.85. The number of hydrogen-bond donors (Lipinski definition) is 1. The molecular formula is C14H12N2O4. The van der Waals surface area contributed by atoms with Crippen LogP contribution < -0.4 is 5.73 Å². The van der Waals surface area contributed by atoms with E-state index in [9.17, 15) is 14.9 Å². The fourth-order valence-corrected chi connectivity index (χ4v) is 1.72.